The molecule has 2 N–H and O–H groups in total. The molecule has 10 nitrogen and oxygen atoms in total. The van der Waals surface area contributed by atoms with Crippen LogP contribution < -0.4 is 10.1 Å². The first kappa shape index (κ1) is 29.8. The van der Waals surface area contributed by atoms with Gasteiger partial charge >= 0.3 is 18.4 Å². The van der Waals surface area contributed by atoms with Crippen molar-refractivity contribution in [3.63, 3.8) is 0 Å². The van der Waals surface area contributed by atoms with Gasteiger partial charge in [-0.2, -0.15) is 26.3 Å². The minimum absolute atomic E-state index is 0.0164. The van der Waals surface area contributed by atoms with Crippen LogP contribution >= 0.6 is 0 Å². The van der Waals surface area contributed by atoms with E-state index in [9.17, 15) is 41.0 Å². The Hall–Kier alpha value is -4.21. The normalized spacial score (nSPS) is 20.2. The number of alkyl halides is 6. The molecule has 0 saturated heterocycles. The number of pyridine rings is 1. The standard InChI is InChI=1S/C25H22F6N4O6/c1-13-6-5-9-15(36)11-23(25(29,30)31,39-12-14-7-3-2-4-8-14)21-35-34-20(41-21)18-17(32-22(37)38)10-16(24(26,27)28)19(33-18)40-13/h2-4,7-8,10,13,32H,5-6,9,11-12H2,1H3,(H,37,38)/t13-,23-/m1/s1. The maximum Gasteiger partial charge on any atom is 0.427 e. The third-order valence-electron chi connectivity index (χ3n) is 6.12. The first-order chi connectivity index (χ1) is 19.2. The number of carboxylic acid groups (broad SMARTS) is 1. The Morgan fingerprint density at radius 2 is 1.88 bits per heavy atom. The van der Waals surface area contributed by atoms with E-state index >= 15 is 0 Å². The van der Waals surface area contributed by atoms with E-state index in [1.54, 1.807) is 23.5 Å². The van der Waals surface area contributed by atoms with Crippen molar-refractivity contribution in [1.29, 1.82) is 0 Å². The number of rotatable bonds is 4. The maximum absolute atomic E-state index is 14.8. The van der Waals surface area contributed by atoms with E-state index < -0.39 is 83.6 Å². The number of anilines is 1. The molecule has 220 valence electrons. The molecule has 41 heavy (non-hydrogen) atoms. The van der Waals surface area contributed by atoms with Gasteiger partial charge in [-0.05, 0) is 31.4 Å². The maximum atomic E-state index is 14.8. The molecule has 1 amide bonds. The summed E-state index contributed by atoms with van der Waals surface area (Å²) in [6.45, 7) is 0.764. The predicted octanol–water partition coefficient (Wildman–Crippen LogP) is 6.13. The van der Waals surface area contributed by atoms with Gasteiger partial charge in [0.05, 0.1) is 24.8 Å². The lowest BCUT2D eigenvalue weighted by molar-refractivity contribution is -0.297. The Balaban J connectivity index is 1.92. The zero-order valence-corrected chi connectivity index (χ0v) is 21.2. The zero-order valence-electron chi connectivity index (χ0n) is 21.2. The molecule has 2 aromatic heterocycles. The number of hydrogen-bond donors (Lipinski definition) is 2. The number of carbonyl (C=O) groups is 2. The van der Waals surface area contributed by atoms with Crippen molar-refractivity contribution in [3.8, 4) is 17.5 Å². The molecule has 1 aliphatic heterocycles. The predicted molar refractivity (Wildman–Crippen MR) is 127 cm³/mol. The number of carbonyl (C=O) groups excluding carboxylic acids is 1. The van der Waals surface area contributed by atoms with Crippen LogP contribution in [0.2, 0.25) is 0 Å². The minimum atomic E-state index is -5.28. The topological polar surface area (TPSA) is 137 Å². The van der Waals surface area contributed by atoms with Crippen LogP contribution in [0.4, 0.5) is 36.8 Å². The summed E-state index contributed by atoms with van der Waals surface area (Å²) >= 11 is 0. The Morgan fingerprint density at radius 1 is 1.17 bits per heavy atom. The highest BCUT2D eigenvalue weighted by Gasteiger charge is 2.62. The fourth-order valence-corrected chi connectivity index (χ4v) is 4.12. The number of nitrogens with one attached hydrogen (secondary N) is 1. The lowest BCUT2D eigenvalue weighted by Gasteiger charge is -2.32. The van der Waals surface area contributed by atoms with E-state index in [0.717, 1.165) is 0 Å². The number of ether oxygens (including phenoxy) is 2. The van der Waals surface area contributed by atoms with E-state index in [2.05, 4.69) is 15.2 Å². The summed E-state index contributed by atoms with van der Waals surface area (Å²) in [5.41, 5.74) is -6.12. The molecule has 4 bridgehead atoms. The summed E-state index contributed by atoms with van der Waals surface area (Å²) in [6.07, 6.45) is -14.8. The summed E-state index contributed by atoms with van der Waals surface area (Å²) in [5.74, 6) is -3.99. The Labute approximate surface area is 227 Å². The van der Waals surface area contributed by atoms with Gasteiger partial charge in [-0.25, -0.2) is 9.78 Å². The summed E-state index contributed by atoms with van der Waals surface area (Å²) in [6, 6.07) is 8.12. The molecule has 0 spiro atoms. The quantitative estimate of drug-likeness (QED) is 0.345. The summed E-state index contributed by atoms with van der Waals surface area (Å²) in [4.78, 5) is 27.9. The van der Waals surface area contributed by atoms with Crippen molar-refractivity contribution < 1.29 is 54.9 Å². The molecule has 0 fully saturated rings. The third-order valence-corrected chi connectivity index (χ3v) is 6.12. The van der Waals surface area contributed by atoms with Crippen molar-refractivity contribution in [3.05, 3.63) is 53.4 Å². The largest absolute Gasteiger partial charge is 0.474 e. The number of ketones is 1. The van der Waals surface area contributed by atoms with E-state index in [1.165, 1.54) is 19.1 Å². The smallest absolute Gasteiger partial charge is 0.427 e. The number of aromatic nitrogens is 3. The molecule has 3 aromatic rings. The molecule has 16 heteroatoms. The summed E-state index contributed by atoms with van der Waals surface area (Å²) < 4.78 is 102. The van der Waals surface area contributed by atoms with Crippen molar-refractivity contribution in [2.45, 2.75) is 63.3 Å². The van der Waals surface area contributed by atoms with Crippen LogP contribution in [-0.4, -0.2) is 44.4 Å². The first-order valence-corrected chi connectivity index (χ1v) is 12.1. The molecule has 0 radical (unpaired) electrons. The van der Waals surface area contributed by atoms with Gasteiger partial charge in [0, 0.05) is 6.42 Å². The second-order valence-corrected chi connectivity index (χ2v) is 9.21. The molecule has 3 heterocycles. The molecule has 4 rings (SSSR count). The lowest BCUT2D eigenvalue weighted by atomic mass is 9.93. The van der Waals surface area contributed by atoms with E-state index in [-0.39, 0.29) is 19.3 Å². The van der Waals surface area contributed by atoms with Crippen LogP contribution in [0.15, 0.2) is 40.8 Å². The third kappa shape index (κ3) is 6.58. The average Bonchev–Trinajstić information content (AvgIpc) is 3.36. The summed E-state index contributed by atoms with van der Waals surface area (Å²) in [5, 5.41) is 17.8. The number of Topliss-reactive ketones (excluding diaryl/α,β-unsaturated/α-hetero) is 1. The number of halogens is 6. The van der Waals surface area contributed by atoms with Gasteiger partial charge in [-0.15, -0.1) is 10.2 Å². The molecule has 0 saturated carbocycles. The van der Waals surface area contributed by atoms with Gasteiger partial charge in [-0.1, -0.05) is 30.3 Å². The molecule has 0 aliphatic carbocycles. The van der Waals surface area contributed by atoms with Crippen molar-refractivity contribution >= 4 is 17.6 Å². The molecule has 0 unspecified atom stereocenters. The molecule has 1 aromatic carbocycles. The monoisotopic (exact) mass is 588 g/mol. The highest BCUT2D eigenvalue weighted by molar-refractivity contribution is 5.88. The van der Waals surface area contributed by atoms with Gasteiger partial charge in [0.15, 0.2) is 5.69 Å². The number of amides is 1. The fraction of sp³-hybridized carbons (Fsp3) is 0.400. The van der Waals surface area contributed by atoms with Crippen LogP contribution in [0.1, 0.15) is 49.6 Å². The van der Waals surface area contributed by atoms with Gasteiger partial charge in [0.25, 0.3) is 11.8 Å². The number of fused-ring (bicyclic) bond motifs is 5. The molecule has 1 aliphatic rings. The summed E-state index contributed by atoms with van der Waals surface area (Å²) in [7, 11) is 0. The first-order valence-electron chi connectivity index (χ1n) is 12.1. The number of hydrogen-bond acceptors (Lipinski definition) is 8. The SMILES string of the molecule is C[C@@H]1CCCC(=O)C[C@](OCc2ccccc2)(C(F)(F)F)c2nnc(o2)-c2nc(c(C(F)(F)F)cc2NC(=O)O)O1. The minimum Gasteiger partial charge on any atom is -0.474 e. The second-order valence-electron chi connectivity index (χ2n) is 9.21. The van der Waals surface area contributed by atoms with Gasteiger partial charge in [0.1, 0.15) is 11.3 Å². The van der Waals surface area contributed by atoms with Gasteiger partial charge in [-0.3, -0.25) is 10.1 Å². The van der Waals surface area contributed by atoms with Crippen LogP contribution in [0.3, 0.4) is 0 Å². The molecular formula is C25H22F6N4O6. The molecule has 2 atom stereocenters. The van der Waals surface area contributed by atoms with Crippen LogP contribution in [0, 0.1) is 0 Å². The Morgan fingerprint density at radius 3 is 2.51 bits per heavy atom. The Bertz CT molecular complexity index is 1410. The van der Waals surface area contributed by atoms with Crippen LogP contribution in [-0.2, 0) is 27.9 Å². The zero-order chi connectivity index (χ0) is 30.0. The van der Waals surface area contributed by atoms with Crippen molar-refractivity contribution in [1.82, 2.24) is 15.2 Å². The van der Waals surface area contributed by atoms with Gasteiger partial charge in [0.2, 0.25) is 11.5 Å². The van der Waals surface area contributed by atoms with E-state index in [4.69, 9.17) is 13.9 Å². The van der Waals surface area contributed by atoms with Crippen molar-refractivity contribution in [2.24, 2.45) is 0 Å². The van der Waals surface area contributed by atoms with Crippen molar-refractivity contribution in [2.75, 3.05) is 5.32 Å². The lowest BCUT2D eigenvalue weighted by Crippen LogP contribution is -2.47. The second kappa shape index (κ2) is 11.3. The highest BCUT2D eigenvalue weighted by atomic mass is 19.4. The van der Waals surface area contributed by atoms with Crippen LogP contribution in [0.5, 0.6) is 5.88 Å². The fourth-order valence-electron chi connectivity index (χ4n) is 4.12. The number of benzene rings is 1. The highest BCUT2D eigenvalue weighted by Crippen LogP contribution is 2.47. The Kier molecular flexibility index (Phi) is 8.24. The number of nitrogens with zero attached hydrogens (tertiary/aromatic N) is 3. The van der Waals surface area contributed by atoms with E-state index in [0.29, 0.717) is 11.6 Å². The molecular weight excluding hydrogens is 566 g/mol. The van der Waals surface area contributed by atoms with E-state index in [1.807, 2.05) is 0 Å². The average molecular weight is 588 g/mol. The van der Waals surface area contributed by atoms with Gasteiger partial charge < -0.3 is 19.0 Å². The van der Waals surface area contributed by atoms with Crippen LogP contribution in [0.25, 0.3) is 11.6 Å².